The lowest BCUT2D eigenvalue weighted by atomic mass is 10.0. The maximum atomic E-state index is 5.71. The molecule has 0 atom stereocenters. The lowest BCUT2D eigenvalue weighted by Crippen LogP contribution is -2.05. The summed E-state index contributed by atoms with van der Waals surface area (Å²) in [6, 6.07) is 15.0. The normalized spacial score (nSPS) is 11.5. The zero-order chi connectivity index (χ0) is 15.1. The Kier molecular flexibility index (Phi) is 3.21. The van der Waals surface area contributed by atoms with Gasteiger partial charge in [-0.3, -0.25) is 4.40 Å². The molecule has 2 heterocycles. The molecule has 4 heteroatoms. The van der Waals surface area contributed by atoms with E-state index in [2.05, 4.69) is 59.2 Å². The van der Waals surface area contributed by atoms with Gasteiger partial charge in [0.2, 0.25) is 0 Å². The van der Waals surface area contributed by atoms with Crippen molar-refractivity contribution in [3.63, 3.8) is 0 Å². The highest BCUT2D eigenvalue weighted by Crippen LogP contribution is 2.30. The first-order chi connectivity index (χ1) is 10.8. The number of aryl methyl sites for hydroxylation is 1. The van der Waals surface area contributed by atoms with E-state index in [4.69, 9.17) is 10.7 Å². The number of nitrogens with zero attached hydrogens (tertiary/aromatic N) is 2. The Morgan fingerprint density at radius 1 is 1.14 bits per heavy atom. The van der Waals surface area contributed by atoms with Crippen molar-refractivity contribution in [2.24, 2.45) is 5.73 Å². The third kappa shape index (κ3) is 2.03. The second-order valence-corrected chi connectivity index (χ2v) is 6.33. The van der Waals surface area contributed by atoms with Crippen LogP contribution in [0.5, 0.6) is 0 Å². The summed E-state index contributed by atoms with van der Waals surface area (Å²) in [5.41, 5.74) is 10.4. The molecule has 0 amide bonds. The van der Waals surface area contributed by atoms with Gasteiger partial charge in [-0.1, -0.05) is 36.4 Å². The Hall–Kier alpha value is -2.17. The summed E-state index contributed by atoms with van der Waals surface area (Å²) in [5.74, 6) is 0. The average molecular weight is 307 g/mol. The van der Waals surface area contributed by atoms with Crippen molar-refractivity contribution in [2.75, 3.05) is 6.54 Å². The molecule has 4 aromatic rings. The van der Waals surface area contributed by atoms with Gasteiger partial charge in [0.15, 0.2) is 4.96 Å². The Morgan fingerprint density at radius 3 is 2.77 bits per heavy atom. The fourth-order valence-corrected chi connectivity index (χ4v) is 3.96. The molecular weight excluding hydrogens is 290 g/mol. The summed E-state index contributed by atoms with van der Waals surface area (Å²) in [7, 11) is 0. The summed E-state index contributed by atoms with van der Waals surface area (Å²) in [4.78, 5) is 5.88. The van der Waals surface area contributed by atoms with Crippen molar-refractivity contribution in [3.8, 4) is 11.3 Å². The minimum Gasteiger partial charge on any atom is -0.330 e. The van der Waals surface area contributed by atoms with Gasteiger partial charge >= 0.3 is 0 Å². The van der Waals surface area contributed by atoms with Crippen LogP contribution in [0.4, 0.5) is 0 Å². The Morgan fingerprint density at radius 2 is 1.95 bits per heavy atom. The predicted octanol–water partition coefficient (Wildman–Crippen LogP) is 4.03. The molecule has 0 aliphatic carbocycles. The van der Waals surface area contributed by atoms with Gasteiger partial charge in [0.1, 0.15) is 0 Å². The highest BCUT2D eigenvalue weighted by molar-refractivity contribution is 7.15. The second-order valence-electron chi connectivity index (χ2n) is 5.49. The SMILES string of the molecule is Cc1c(-c2ccc3ccccc3c2)nc2scc(CCN)n12. The van der Waals surface area contributed by atoms with Crippen molar-refractivity contribution in [3.05, 3.63) is 59.2 Å². The second kappa shape index (κ2) is 5.23. The fraction of sp³-hybridized carbons (Fsp3) is 0.167. The monoisotopic (exact) mass is 307 g/mol. The minimum atomic E-state index is 0.661. The number of hydrogen-bond acceptors (Lipinski definition) is 3. The molecule has 0 saturated carbocycles. The number of nitrogens with two attached hydrogens (primary N) is 1. The van der Waals surface area contributed by atoms with Crippen LogP contribution in [0, 0.1) is 6.92 Å². The van der Waals surface area contributed by atoms with E-state index < -0.39 is 0 Å². The first-order valence-corrected chi connectivity index (χ1v) is 8.30. The molecule has 2 N–H and O–H groups in total. The lowest BCUT2D eigenvalue weighted by Gasteiger charge is -2.04. The van der Waals surface area contributed by atoms with Crippen LogP contribution in [0.2, 0.25) is 0 Å². The molecule has 0 radical (unpaired) electrons. The van der Waals surface area contributed by atoms with Crippen LogP contribution in [0.3, 0.4) is 0 Å². The molecule has 0 aliphatic rings. The third-order valence-electron chi connectivity index (χ3n) is 4.09. The predicted molar refractivity (Wildman–Crippen MR) is 93.5 cm³/mol. The van der Waals surface area contributed by atoms with Gasteiger partial charge in [-0.2, -0.15) is 0 Å². The molecule has 110 valence electrons. The summed E-state index contributed by atoms with van der Waals surface area (Å²) < 4.78 is 2.24. The van der Waals surface area contributed by atoms with Crippen LogP contribution in [0.15, 0.2) is 47.8 Å². The minimum absolute atomic E-state index is 0.661. The molecule has 3 nitrogen and oxygen atoms in total. The first kappa shape index (κ1) is 13.5. The summed E-state index contributed by atoms with van der Waals surface area (Å²) in [6.07, 6.45) is 0.883. The zero-order valence-corrected chi connectivity index (χ0v) is 13.2. The Bertz CT molecular complexity index is 965. The number of hydrogen-bond donors (Lipinski definition) is 1. The van der Waals surface area contributed by atoms with E-state index in [0.29, 0.717) is 6.54 Å². The molecule has 0 fully saturated rings. The number of imidazole rings is 1. The highest BCUT2D eigenvalue weighted by atomic mass is 32.1. The Balaban J connectivity index is 1.90. The number of rotatable bonds is 3. The standard InChI is InChI=1S/C18H17N3S/c1-12-17(20-18-21(12)16(8-9-19)11-22-18)15-7-6-13-4-2-3-5-14(13)10-15/h2-7,10-11H,8-9,19H2,1H3. The molecule has 4 rings (SSSR count). The van der Waals surface area contributed by atoms with E-state index in [0.717, 1.165) is 17.1 Å². The number of thiazole rings is 1. The number of benzene rings is 2. The Labute approximate surface area is 133 Å². The van der Waals surface area contributed by atoms with Gasteiger partial charge in [-0.15, -0.1) is 11.3 Å². The summed E-state index contributed by atoms with van der Waals surface area (Å²) >= 11 is 1.68. The lowest BCUT2D eigenvalue weighted by molar-refractivity contribution is 0.896. The van der Waals surface area contributed by atoms with Gasteiger partial charge in [-0.25, -0.2) is 4.98 Å². The third-order valence-corrected chi connectivity index (χ3v) is 4.96. The first-order valence-electron chi connectivity index (χ1n) is 7.42. The summed E-state index contributed by atoms with van der Waals surface area (Å²) in [6.45, 7) is 2.80. The number of aromatic nitrogens is 2. The zero-order valence-electron chi connectivity index (χ0n) is 12.4. The van der Waals surface area contributed by atoms with E-state index in [-0.39, 0.29) is 0 Å². The van der Waals surface area contributed by atoms with Crippen molar-refractivity contribution < 1.29 is 0 Å². The van der Waals surface area contributed by atoms with Gasteiger partial charge in [0.05, 0.1) is 5.69 Å². The van der Waals surface area contributed by atoms with E-state index in [9.17, 15) is 0 Å². The van der Waals surface area contributed by atoms with E-state index in [1.807, 2.05) is 0 Å². The number of fused-ring (bicyclic) bond motifs is 2. The molecule has 0 aliphatic heterocycles. The van der Waals surface area contributed by atoms with Crippen LogP contribution < -0.4 is 5.73 Å². The molecule has 2 aromatic heterocycles. The van der Waals surface area contributed by atoms with Gasteiger partial charge in [-0.05, 0) is 30.3 Å². The fourth-order valence-electron chi connectivity index (χ4n) is 3.00. The van der Waals surface area contributed by atoms with Gasteiger partial charge < -0.3 is 5.73 Å². The van der Waals surface area contributed by atoms with Crippen LogP contribution in [0.25, 0.3) is 27.0 Å². The van der Waals surface area contributed by atoms with Crippen LogP contribution in [0.1, 0.15) is 11.4 Å². The molecule has 2 aromatic carbocycles. The maximum absolute atomic E-state index is 5.71. The van der Waals surface area contributed by atoms with Crippen molar-refractivity contribution >= 4 is 27.1 Å². The van der Waals surface area contributed by atoms with Crippen molar-refractivity contribution in [1.29, 1.82) is 0 Å². The van der Waals surface area contributed by atoms with Crippen molar-refractivity contribution in [2.45, 2.75) is 13.3 Å². The highest BCUT2D eigenvalue weighted by Gasteiger charge is 2.14. The topological polar surface area (TPSA) is 43.3 Å². The quantitative estimate of drug-likeness (QED) is 0.621. The largest absolute Gasteiger partial charge is 0.330 e. The van der Waals surface area contributed by atoms with Crippen molar-refractivity contribution in [1.82, 2.24) is 9.38 Å². The van der Waals surface area contributed by atoms with Crippen LogP contribution >= 0.6 is 11.3 Å². The molecule has 0 unspecified atom stereocenters. The maximum Gasteiger partial charge on any atom is 0.194 e. The van der Waals surface area contributed by atoms with E-state index in [1.165, 1.54) is 27.7 Å². The smallest absolute Gasteiger partial charge is 0.194 e. The van der Waals surface area contributed by atoms with Crippen LogP contribution in [-0.4, -0.2) is 15.9 Å². The molecule has 0 spiro atoms. The van der Waals surface area contributed by atoms with E-state index in [1.54, 1.807) is 11.3 Å². The molecular formula is C18H17N3S. The van der Waals surface area contributed by atoms with Crippen LogP contribution in [-0.2, 0) is 6.42 Å². The average Bonchev–Trinajstić information content (AvgIpc) is 3.08. The molecule has 0 bridgehead atoms. The van der Waals surface area contributed by atoms with Gasteiger partial charge in [0.25, 0.3) is 0 Å². The molecule has 0 saturated heterocycles. The molecule has 22 heavy (non-hydrogen) atoms. The van der Waals surface area contributed by atoms with Gasteiger partial charge in [0, 0.05) is 28.8 Å². The summed E-state index contributed by atoms with van der Waals surface area (Å²) in [5, 5.41) is 4.67. The van der Waals surface area contributed by atoms with E-state index >= 15 is 0 Å².